The molecule has 0 aliphatic carbocycles. The topological polar surface area (TPSA) is 46.2 Å². The maximum atomic E-state index is 13.2. The van der Waals surface area contributed by atoms with Crippen molar-refractivity contribution in [3.8, 4) is 5.75 Å². The van der Waals surface area contributed by atoms with Crippen molar-refractivity contribution in [2.75, 3.05) is 0 Å². The minimum absolute atomic E-state index is 0.236. The molecule has 1 rings (SSSR count). The number of halogens is 2. The van der Waals surface area contributed by atoms with Crippen LogP contribution in [-0.4, -0.2) is 5.11 Å². The number of hydrogen-bond acceptors (Lipinski definition) is 2. The third-order valence-corrected chi connectivity index (χ3v) is 2.54. The summed E-state index contributed by atoms with van der Waals surface area (Å²) >= 11 is 5.71. The molecule has 1 atom stereocenters. The molecule has 0 spiro atoms. The van der Waals surface area contributed by atoms with Gasteiger partial charge in [-0.05, 0) is 17.5 Å². The van der Waals surface area contributed by atoms with Crippen LogP contribution in [0.1, 0.15) is 32.4 Å². The summed E-state index contributed by atoms with van der Waals surface area (Å²) in [5.41, 5.74) is 6.00. The SMILES string of the molecule is CC(C)(C)[C@@H](N)c1cc(Cl)cc(F)c1O. The van der Waals surface area contributed by atoms with Crippen LogP contribution in [0.15, 0.2) is 12.1 Å². The van der Waals surface area contributed by atoms with E-state index in [1.54, 1.807) is 0 Å². The lowest BCUT2D eigenvalue weighted by molar-refractivity contribution is 0.314. The van der Waals surface area contributed by atoms with Gasteiger partial charge in [0.05, 0.1) is 0 Å². The van der Waals surface area contributed by atoms with Gasteiger partial charge in [0.1, 0.15) is 0 Å². The quantitative estimate of drug-likeness (QED) is 0.780. The van der Waals surface area contributed by atoms with E-state index in [-0.39, 0.29) is 10.4 Å². The van der Waals surface area contributed by atoms with Gasteiger partial charge < -0.3 is 10.8 Å². The Bertz CT molecular complexity index is 374. The van der Waals surface area contributed by atoms with Crippen LogP contribution in [0.5, 0.6) is 5.75 Å². The molecule has 0 bridgehead atoms. The van der Waals surface area contributed by atoms with Crippen molar-refractivity contribution in [2.24, 2.45) is 11.1 Å². The standard InChI is InChI=1S/C11H15ClFNO/c1-11(2,3)10(14)7-4-6(12)5-8(13)9(7)15/h4-5,10,15H,14H2,1-3H3/t10-/m0/s1. The number of phenolic OH excluding ortho intramolecular Hbond substituents is 1. The Kier molecular flexibility index (Phi) is 3.26. The van der Waals surface area contributed by atoms with E-state index in [0.717, 1.165) is 6.07 Å². The van der Waals surface area contributed by atoms with Gasteiger partial charge in [-0.1, -0.05) is 32.4 Å². The fourth-order valence-corrected chi connectivity index (χ4v) is 1.50. The van der Waals surface area contributed by atoms with Gasteiger partial charge in [0.2, 0.25) is 0 Å². The molecule has 0 saturated carbocycles. The molecule has 2 nitrogen and oxygen atoms in total. The van der Waals surface area contributed by atoms with Crippen molar-refractivity contribution in [3.63, 3.8) is 0 Å². The van der Waals surface area contributed by atoms with Crippen LogP contribution in [0.3, 0.4) is 0 Å². The molecule has 1 aromatic rings. The normalized spacial score (nSPS) is 14.0. The van der Waals surface area contributed by atoms with Gasteiger partial charge in [0.25, 0.3) is 0 Å². The number of phenols is 1. The summed E-state index contributed by atoms with van der Waals surface area (Å²) in [5, 5.41) is 9.78. The number of aromatic hydroxyl groups is 1. The second-order valence-electron chi connectivity index (χ2n) is 4.67. The summed E-state index contributed by atoms with van der Waals surface area (Å²) < 4.78 is 13.2. The molecule has 0 aromatic heterocycles. The Morgan fingerprint density at radius 2 is 1.93 bits per heavy atom. The molecule has 0 amide bonds. The Morgan fingerprint density at radius 3 is 2.40 bits per heavy atom. The van der Waals surface area contributed by atoms with Crippen molar-refractivity contribution >= 4 is 11.6 Å². The predicted octanol–water partition coefficient (Wildman–Crippen LogP) is 3.23. The highest BCUT2D eigenvalue weighted by Gasteiger charge is 2.26. The average molecular weight is 232 g/mol. The minimum Gasteiger partial charge on any atom is -0.505 e. The van der Waals surface area contributed by atoms with Crippen molar-refractivity contribution < 1.29 is 9.50 Å². The number of rotatable bonds is 1. The maximum Gasteiger partial charge on any atom is 0.166 e. The molecule has 0 fully saturated rings. The molecule has 84 valence electrons. The van der Waals surface area contributed by atoms with E-state index in [1.807, 2.05) is 20.8 Å². The molecule has 15 heavy (non-hydrogen) atoms. The lowest BCUT2D eigenvalue weighted by Crippen LogP contribution is -2.26. The lowest BCUT2D eigenvalue weighted by Gasteiger charge is -2.28. The average Bonchev–Trinajstić information content (AvgIpc) is 2.08. The fourth-order valence-electron chi connectivity index (χ4n) is 1.29. The molecule has 0 radical (unpaired) electrons. The molecule has 4 heteroatoms. The van der Waals surface area contributed by atoms with E-state index in [4.69, 9.17) is 17.3 Å². The van der Waals surface area contributed by atoms with Gasteiger partial charge >= 0.3 is 0 Å². The summed E-state index contributed by atoms with van der Waals surface area (Å²) in [6.07, 6.45) is 0. The highest BCUT2D eigenvalue weighted by atomic mass is 35.5. The van der Waals surface area contributed by atoms with Crippen LogP contribution in [0.4, 0.5) is 4.39 Å². The predicted molar refractivity (Wildman–Crippen MR) is 59.5 cm³/mol. The molecule has 0 heterocycles. The van der Waals surface area contributed by atoms with Crippen LogP contribution >= 0.6 is 11.6 Å². The van der Waals surface area contributed by atoms with Crippen LogP contribution in [0.25, 0.3) is 0 Å². The highest BCUT2D eigenvalue weighted by molar-refractivity contribution is 6.30. The second kappa shape index (κ2) is 3.99. The van der Waals surface area contributed by atoms with E-state index >= 15 is 0 Å². The van der Waals surface area contributed by atoms with Gasteiger partial charge in [-0.2, -0.15) is 0 Å². The zero-order valence-corrected chi connectivity index (χ0v) is 9.77. The van der Waals surface area contributed by atoms with Gasteiger partial charge in [0, 0.05) is 16.6 Å². The van der Waals surface area contributed by atoms with E-state index in [1.165, 1.54) is 6.07 Å². The second-order valence-corrected chi connectivity index (χ2v) is 5.11. The van der Waals surface area contributed by atoms with E-state index in [2.05, 4.69) is 0 Å². The summed E-state index contributed by atoms with van der Waals surface area (Å²) in [4.78, 5) is 0. The number of nitrogens with two attached hydrogens (primary N) is 1. The first-order chi connectivity index (χ1) is 6.73. The van der Waals surface area contributed by atoms with E-state index in [0.29, 0.717) is 5.56 Å². The van der Waals surface area contributed by atoms with Gasteiger partial charge in [0.15, 0.2) is 11.6 Å². The van der Waals surface area contributed by atoms with Crippen molar-refractivity contribution in [1.29, 1.82) is 0 Å². The first-order valence-electron chi connectivity index (χ1n) is 4.67. The molecule has 0 aliphatic rings. The Hall–Kier alpha value is -0.800. The van der Waals surface area contributed by atoms with Crippen LogP contribution in [-0.2, 0) is 0 Å². The minimum atomic E-state index is -0.739. The largest absolute Gasteiger partial charge is 0.505 e. The molecule has 3 N–H and O–H groups in total. The zero-order valence-electron chi connectivity index (χ0n) is 9.01. The Labute approximate surface area is 93.9 Å². The summed E-state index contributed by atoms with van der Waals surface area (Å²) in [6.45, 7) is 5.74. The Morgan fingerprint density at radius 1 is 1.40 bits per heavy atom. The molecule has 1 aromatic carbocycles. The van der Waals surface area contributed by atoms with E-state index < -0.39 is 17.6 Å². The third kappa shape index (κ3) is 2.61. The van der Waals surface area contributed by atoms with Gasteiger partial charge in [-0.15, -0.1) is 0 Å². The van der Waals surface area contributed by atoms with Crippen LogP contribution in [0, 0.1) is 11.2 Å². The van der Waals surface area contributed by atoms with Gasteiger partial charge in [-0.25, -0.2) is 4.39 Å². The summed E-state index contributed by atoms with van der Waals surface area (Å²) in [6, 6.07) is 2.09. The summed E-state index contributed by atoms with van der Waals surface area (Å²) in [5.74, 6) is -1.15. The third-order valence-electron chi connectivity index (χ3n) is 2.33. The molecule has 0 unspecified atom stereocenters. The van der Waals surface area contributed by atoms with Crippen molar-refractivity contribution in [2.45, 2.75) is 26.8 Å². The number of hydrogen-bond donors (Lipinski definition) is 2. The van der Waals surface area contributed by atoms with Crippen molar-refractivity contribution in [3.05, 3.63) is 28.5 Å². The Balaban J connectivity index is 3.25. The first-order valence-corrected chi connectivity index (χ1v) is 5.04. The van der Waals surface area contributed by atoms with E-state index in [9.17, 15) is 9.50 Å². The maximum absolute atomic E-state index is 13.2. The van der Waals surface area contributed by atoms with Gasteiger partial charge in [-0.3, -0.25) is 0 Å². The molecular weight excluding hydrogens is 217 g/mol. The highest BCUT2D eigenvalue weighted by Crippen LogP contribution is 2.37. The fraction of sp³-hybridized carbons (Fsp3) is 0.455. The molecule has 0 aliphatic heterocycles. The van der Waals surface area contributed by atoms with Crippen LogP contribution in [0.2, 0.25) is 5.02 Å². The zero-order chi connectivity index (χ0) is 11.8. The van der Waals surface area contributed by atoms with Crippen molar-refractivity contribution in [1.82, 2.24) is 0 Å². The first kappa shape index (κ1) is 12.3. The number of benzene rings is 1. The molecule has 0 saturated heterocycles. The lowest BCUT2D eigenvalue weighted by atomic mass is 9.83. The summed E-state index contributed by atoms with van der Waals surface area (Å²) in [7, 11) is 0. The smallest absolute Gasteiger partial charge is 0.166 e. The monoisotopic (exact) mass is 231 g/mol. The molecular formula is C11H15ClFNO. The van der Waals surface area contributed by atoms with Crippen LogP contribution < -0.4 is 5.73 Å².